The van der Waals surface area contributed by atoms with Crippen molar-refractivity contribution in [1.82, 2.24) is 9.97 Å². The number of rotatable bonds is 1. The third kappa shape index (κ3) is 5.78. The first kappa shape index (κ1) is 13.6. The highest BCUT2D eigenvalue weighted by Crippen LogP contribution is 1.88. The zero-order valence-corrected chi connectivity index (χ0v) is 10.1. The maximum Gasteiger partial charge on any atom is 0.0840 e. The van der Waals surface area contributed by atoms with Crippen LogP contribution in [0.25, 0.3) is 12.2 Å². The van der Waals surface area contributed by atoms with Crippen molar-refractivity contribution in [3.63, 3.8) is 0 Å². The van der Waals surface area contributed by atoms with Crippen LogP contribution < -0.4 is 10.7 Å². The van der Waals surface area contributed by atoms with Crippen molar-refractivity contribution >= 4 is 12.2 Å². The Morgan fingerprint density at radius 2 is 1.53 bits per heavy atom. The lowest BCUT2D eigenvalue weighted by Crippen LogP contribution is -2.29. The molecule has 2 nitrogen and oxygen atoms in total. The molecule has 0 saturated heterocycles. The van der Waals surface area contributed by atoms with Gasteiger partial charge in [0.2, 0.25) is 0 Å². The maximum atomic E-state index is 4.12. The molecule has 0 saturated carbocycles. The van der Waals surface area contributed by atoms with Gasteiger partial charge in [-0.15, -0.1) is 6.58 Å². The second-order valence-electron chi connectivity index (χ2n) is 3.21. The van der Waals surface area contributed by atoms with Gasteiger partial charge in [-0.1, -0.05) is 24.6 Å². The van der Waals surface area contributed by atoms with Crippen LogP contribution in [0.5, 0.6) is 0 Å². The number of nitrogens with zero attached hydrogens (tertiary/aromatic N) is 2. The lowest BCUT2D eigenvalue weighted by atomic mass is 10.3. The molecule has 0 unspecified atom stereocenters. The zero-order chi connectivity index (χ0) is 11.7. The molecule has 0 radical (unpaired) electrons. The predicted octanol–water partition coefficient (Wildman–Crippen LogP) is 2.05. The molecule has 82 valence electrons. The molecule has 0 bridgehead atoms. The highest BCUT2D eigenvalue weighted by Gasteiger charge is 1.79. The fraction of sp³-hybridized carbons (Fsp3) is 0.385. The molecule has 0 amide bonds. The quantitative estimate of drug-likeness (QED) is 0.654. The van der Waals surface area contributed by atoms with Gasteiger partial charge in [0.1, 0.15) is 0 Å². The highest BCUT2D eigenvalue weighted by molar-refractivity contribution is 5.20. The van der Waals surface area contributed by atoms with Crippen LogP contribution in [-0.2, 0) is 0 Å². The topological polar surface area (TPSA) is 25.8 Å². The Labute approximate surface area is 92.1 Å². The highest BCUT2D eigenvalue weighted by atomic mass is 14.7. The molecule has 0 N–H and O–H groups in total. The molecule has 0 aromatic carbocycles. The van der Waals surface area contributed by atoms with E-state index in [9.17, 15) is 0 Å². The normalized spacial score (nSPS) is 12.0. The molecule has 1 rings (SSSR count). The summed E-state index contributed by atoms with van der Waals surface area (Å²) in [5, 5.41) is 1.90. The lowest BCUT2D eigenvalue weighted by Gasteiger charge is -1.84. The molecule has 15 heavy (non-hydrogen) atoms. The van der Waals surface area contributed by atoms with Gasteiger partial charge >= 0.3 is 0 Å². The van der Waals surface area contributed by atoms with Gasteiger partial charge in [-0.05, 0) is 27.2 Å². The monoisotopic (exact) mass is 204 g/mol. The van der Waals surface area contributed by atoms with Crippen LogP contribution in [0.15, 0.2) is 24.5 Å². The van der Waals surface area contributed by atoms with E-state index in [-0.39, 0.29) is 0 Å². The molecule has 2 heteroatoms. The summed E-state index contributed by atoms with van der Waals surface area (Å²) in [5.74, 6) is 0. The van der Waals surface area contributed by atoms with Gasteiger partial charge in [0.25, 0.3) is 0 Å². The minimum atomic E-state index is 0.949. The summed E-state index contributed by atoms with van der Waals surface area (Å²) < 4.78 is 0. The number of aromatic nitrogens is 2. The van der Waals surface area contributed by atoms with E-state index in [1.165, 1.54) is 5.57 Å². The van der Waals surface area contributed by atoms with Crippen molar-refractivity contribution in [2.45, 2.75) is 34.1 Å². The molecule has 0 atom stereocenters. The van der Waals surface area contributed by atoms with E-state index in [0.29, 0.717) is 0 Å². The molecule has 0 aliphatic rings. The van der Waals surface area contributed by atoms with Gasteiger partial charge < -0.3 is 0 Å². The summed E-state index contributed by atoms with van der Waals surface area (Å²) in [4.78, 5) is 8.24. The van der Waals surface area contributed by atoms with Crippen LogP contribution >= 0.6 is 0 Å². The Morgan fingerprint density at radius 3 is 1.73 bits per heavy atom. The fourth-order valence-corrected chi connectivity index (χ4v) is 0.804. The van der Waals surface area contributed by atoms with E-state index >= 15 is 0 Å². The van der Waals surface area contributed by atoms with Crippen molar-refractivity contribution in [2.75, 3.05) is 0 Å². The van der Waals surface area contributed by atoms with Crippen molar-refractivity contribution in [3.05, 3.63) is 35.2 Å². The first-order chi connectivity index (χ1) is 7.15. The summed E-state index contributed by atoms with van der Waals surface area (Å²) in [6.45, 7) is 11.7. The van der Waals surface area contributed by atoms with Crippen molar-refractivity contribution in [3.8, 4) is 0 Å². The van der Waals surface area contributed by atoms with Gasteiger partial charge in [0.15, 0.2) is 0 Å². The van der Waals surface area contributed by atoms with Gasteiger partial charge in [-0.25, -0.2) is 0 Å². The van der Waals surface area contributed by atoms with Crippen LogP contribution in [-0.4, -0.2) is 9.97 Å². The van der Waals surface area contributed by atoms with Gasteiger partial charge in [-0.3, -0.25) is 9.97 Å². The van der Waals surface area contributed by atoms with Gasteiger partial charge in [0.05, 0.1) is 10.7 Å². The largest absolute Gasteiger partial charge is 0.253 e. The van der Waals surface area contributed by atoms with Crippen molar-refractivity contribution in [2.24, 2.45) is 0 Å². The average Bonchev–Trinajstić information content (AvgIpc) is 2.29. The lowest BCUT2D eigenvalue weighted by molar-refractivity contribution is 1.09. The average molecular weight is 204 g/mol. The number of hydrogen-bond acceptors (Lipinski definition) is 2. The molecule has 1 aromatic heterocycles. The maximum absolute atomic E-state index is 4.12. The second kappa shape index (κ2) is 7.92. The van der Waals surface area contributed by atoms with Crippen LogP contribution in [0.2, 0.25) is 0 Å². The third-order valence-electron chi connectivity index (χ3n) is 1.91. The first-order valence-electron chi connectivity index (χ1n) is 5.19. The summed E-state index contributed by atoms with van der Waals surface area (Å²) in [7, 11) is 0. The molecule has 0 aliphatic carbocycles. The molecule has 0 spiro atoms. The van der Waals surface area contributed by atoms with Gasteiger partial charge in [-0.2, -0.15) is 0 Å². The van der Waals surface area contributed by atoms with E-state index < -0.39 is 0 Å². The van der Waals surface area contributed by atoms with E-state index in [0.717, 1.165) is 17.1 Å². The smallest absolute Gasteiger partial charge is 0.0840 e. The first-order valence-corrected chi connectivity index (χ1v) is 5.19. The van der Waals surface area contributed by atoms with E-state index in [1.54, 1.807) is 12.4 Å². The van der Waals surface area contributed by atoms with Crippen LogP contribution in [0, 0.1) is 0 Å². The summed E-state index contributed by atoms with van der Waals surface area (Å²) in [5.41, 5.74) is 1.25. The van der Waals surface area contributed by atoms with Crippen LogP contribution in [0.3, 0.4) is 0 Å². The Hall–Kier alpha value is -1.44. The Balaban J connectivity index is 0.000000336. The predicted molar refractivity (Wildman–Crippen MR) is 66.7 cm³/mol. The molecule has 0 aliphatic heterocycles. The molecular weight excluding hydrogens is 184 g/mol. The fourth-order valence-electron chi connectivity index (χ4n) is 0.804. The minimum absolute atomic E-state index is 0.949. The standard InChI is InChI=1S/C8H10N2.C5H10/c1-3-7-8(4-2)10-6-5-9-7;1-4-5(2)3/h3-6H,1-2H3;2,4H2,1,3H3/b7-3+,8-4+;. The molecular formula is C13H20N2. The molecule has 0 fully saturated rings. The summed E-state index contributed by atoms with van der Waals surface area (Å²) in [6.07, 6.45) is 8.40. The Kier molecular flexibility index (Phi) is 7.16. The Morgan fingerprint density at radius 1 is 1.20 bits per heavy atom. The summed E-state index contributed by atoms with van der Waals surface area (Å²) in [6, 6.07) is 0. The summed E-state index contributed by atoms with van der Waals surface area (Å²) >= 11 is 0. The van der Waals surface area contributed by atoms with Crippen LogP contribution in [0.1, 0.15) is 34.1 Å². The van der Waals surface area contributed by atoms with E-state index in [2.05, 4.69) is 23.5 Å². The molecule has 1 heterocycles. The molecule has 1 aromatic rings. The van der Waals surface area contributed by atoms with Crippen molar-refractivity contribution in [1.29, 1.82) is 0 Å². The van der Waals surface area contributed by atoms with Crippen molar-refractivity contribution < 1.29 is 0 Å². The second-order valence-corrected chi connectivity index (χ2v) is 3.21. The van der Waals surface area contributed by atoms with Gasteiger partial charge in [0, 0.05) is 12.4 Å². The zero-order valence-electron chi connectivity index (χ0n) is 10.1. The van der Waals surface area contributed by atoms with E-state index in [1.807, 2.05) is 32.9 Å². The van der Waals surface area contributed by atoms with Crippen LogP contribution in [0.4, 0.5) is 0 Å². The number of hydrogen-bond donors (Lipinski definition) is 0. The minimum Gasteiger partial charge on any atom is -0.253 e. The Bertz CT molecular complexity index is 372. The number of allylic oxidation sites excluding steroid dienone is 1. The third-order valence-corrected chi connectivity index (χ3v) is 1.91. The van der Waals surface area contributed by atoms with E-state index in [4.69, 9.17) is 0 Å². The SMILES string of the molecule is C/C=c1/nccn/c1=C/C.C=C(C)CC.